The fourth-order valence-electron chi connectivity index (χ4n) is 2.28. The van der Waals surface area contributed by atoms with Crippen molar-refractivity contribution in [1.82, 2.24) is 9.88 Å². The van der Waals surface area contributed by atoms with Crippen molar-refractivity contribution >= 4 is 17.7 Å². The first-order chi connectivity index (χ1) is 8.49. The number of hydrogen-bond donors (Lipinski definition) is 3. The molecule has 2 heterocycles. The smallest absolute Gasteiger partial charge is 0.354 e. The van der Waals surface area contributed by atoms with Crippen molar-refractivity contribution in [1.29, 1.82) is 0 Å². The van der Waals surface area contributed by atoms with Crippen LogP contribution in [0.1, 0.15) is 35.9 Å². The number of nitrogens with zero attached hydrogens (tertiary/aromatic N) is 1. The fraction of sp³-hybridized carbons (Fsp3) is 0.500. The number of rotatable bonds is 2. The van der Waals surface area contributed by atoms with Crippen LogP contribution in [0.2, 0.25) is 0 Å². The van der Waals surface area contributed by atoms with Crippen molar-refractivity contribution in [3.05, 3.63) is 17.5 Å². The molecule has 1 atom stereocenters. The van der Waals surface area contributed by atoms with Gasteiger partial charge in [0.2, 0.25) is 0 Å². The Hall–Kier alpha value is -1.98. The molecule has 6 nitrogen and oxygen atoms in total. The number of nitrogens with one attached hydrogen (secondary N) is 2. The highest BCUT2D eigenvalue weighted by atomic mass is 16.4. The summed E-state index contributed by atoms with van der Waals surface area (Å²) in [6, 6.07) is 1.60. The molecule has 1 aliphatic rings. The molecule has 1 aromatic heterocycles. The molecule has 1 aromatic rings. The Balaban J connectivity index is 2.14. The van der Waals surface area contributed by atoms with Gasteiger partial charge < -0.3 is 20.3 Å². The van der Waals surface area contributed by atoms with Crippen molar-refractivity contribution in [2.24, 2.45) is 0 Å². The van der Waals surface area contributed by atoms with Crippen LogP contribution in [0.15, 0.2) is 6.07 Å². The lowest BCUT2D eigenvalue weighted by atomic mass is 10.2. The third-order valence-corrected chi connectivity index (χ3v) is 3.22. The zero-order chi connectivity index (χ0) is 13.3. The topological polar surface area (TPSA) is 85.4 Å². The third-order valence-electron chi connectivity index (χ3n) is 3.22. The molecule has 0 aromatic carbocycles. The maximum absolute atomic E-state index is 12.0. The number of carboxylic acid groups (broad SMARTS) is 1. The second kappa shape index (κ2) is 4.72. The molecule has 0 bridgehead atoms. The molecule has 3 N–H and O–H groups in total. The number of carbonyl (C=O) groups excluding carboxylic acids is 1. The van der Waals surface area contributed by atoms with Crippen LogP contribution in [0.25, 0.3) is 0 Å². The van der Waals surface area contributed by atoms with Gasteiger partial charge in [-0.05, 0) is 32.8 Å². The third kappa shape index (κ3) is 2.32. The quantitative estimate of drug-likeness (QED) is 0.751. The molecule has 18 heavy (non-hydrogen) atoms. The Bertz CT molecular complexity index is 481. The van der Waals surface area contributed by atoms with Crippen LogP contribution in [-0.2, 0) is 0 Å². The highest BCUT2D eigenvalue weighted by molar-refractivity contribution is 5.99. The number of hydrogen-bond acceptors (Lipinski definition) is 2. The molecular formula is C12H17N3O3. The summed E-state index contributed by atoms with van der Waals surface area (Å²) in [7, 11) is 0. The monoisotopic (exact) mass is 251 g/mol. The molecule has 1 unspecified atom stereocenters. The van der Waals surface area contributed by atoms with E-state index >= 15 is 0 Å². The van der Waals surface area contributed by atoms with Gasteiger partial charge in [-0.15, -0.1) is 0 Å². The summed E-state index contributed by atoms with van der Waals surface area (Å²) in [5, 5.41) is 11.7. The van der Waals surface area contributed by atoms with Crippen LogP contribution < -0.4 is 5.32 Å². The van der Waals surface area contributed by atoms with Gasteiger partial charge in [-0.1, -0.05) is 0 Å². The number of aromatic amines is 1. The van der Waals surface area contributed by atoms with Crippen molar-refractivity contribution in [2.45, 2.75) is 32.7 Å². The maximum atomic E-state index is 12.0. The summed E-state index contributed by atoms with van der Waals surface area (Å²) < 4.78 is 0. The zero-order valence-corrected chi connectivity index (χ0v) is 10.5. The van der Waals surface area contributed by atoms with Gasteiger partial charge in [-0.3, -0.25) is 0 Å². The SMILES string of the molecule is Cc1cc(NC(=O)N2CCCC2C)c(C(=O)O)[nH]1. The minimum atomic E-state index is -1.08. The van der Waals surface area contributed by atoms with Gasteiger partial charge in [0.05, 0.1) is 5.69 Å². The first-order valence-corrected chi connectivity index (χ1v) is 5.99. The molecular weight excluding hydrogens is 234 g/mol. The molecule has 2 rings (SSSR count). The van der Waals surface area contributed by atoms with Crippen LogP contribution in [0.4, 0.5) is 10.5 Å². The molecule has 98 valence electrons. The van der Waals surface area contributed by atoms with Crippen LogP contribution in [-0.4, -0.2) is 39.6 Å². The van der Waals surface area contributed by atoms with E-state index in [9.17, 15) is 9.59 Å². The Kier molecular flexibility index (Phi) is 3.27. The van der Waals surface area contributed by atoms with E-state index in [-0.39, 0.29) is 17.8 Å². The second-order valence-electron chi connectivity index (χ2n) is 4.66. The number of carboxylic acids is 1. The summed E-state index contributed by atoms with van der Waals surface area (Å²) in [5.41, 5.74) is 1.05. The van der Waals surface area contributed by atoms with Crippen molar-refractivity contribution in [3.63, 3.8) is 0 Å². The Morgan fingerprint density at radius 2 is 2.28 bits per heavy atom. The molecule has 1 saturated heterocycles. The van der Waals surface area contributed by atoms with E-state index in [1.807, 2.05) is 6.92 Å². The number of carbonyl (C=O) groups is 2. The first-order valence-electron chi connectivity index (χ1n) is 5.99. The van der Waals surface area contributed by atoms with Crippen molar-refractivity contribution in [3.8, 4) is 0 Å². The zero-order valence-electron chi connectivity index (χ0n) is 10.5. The Morgan fingerprint density at radius 3 is 2.83 bits per heavy atom. The molecule has 0 spiro atoms. The van der Waals surface area contributed by atoms with Gasteiger partial charge in [-0.2, -0.15) is 0 Å². The van der Waals surface area contributed by atoms with Gasteiger partial charge in [0, 0.05) is 18.3 Å². The summed E-state index contributed by atoms with van der Waals surface area (Å²) in [4.78, 5) is 27.5. The molecule has 0 aliphatic carbocycles. The molecule has 1 aliphatic heterocycles. The van der Waals surface area contributed by atoms with Crippen molar-refractivity contribution in [2.75, 3.05) is 11.9 Å². The molecule has 0 radical (unpaired) electrons. The number of likely N-dealkylation sites (tertiary alicyclic amines) is 1. The van der Waals surface area contributed by atoms with E-state index < -0.39 is 5.97 Å². The van der Waals surface area contributed by atoms with E-state index in [2.05, 4.69) is 10.3 Å². The predicted molar refractivity (Wildman–Crippen MR) is 66.9 cm³/mol. The summed E-state index contributed by atoms with van der Waals surface area (Å²) in [6.07, 6.45) is 1.98. The van der Waals surface area contributed by atoms with Crippen LogP contribution in [0.3, 0.4) is 0 Å². The van der Waals surface area contributed by atoms with Crippen LogP contribution in [0.5, 0.6) is 0 Å². The Morgan fingerprint density at radius 1 is 1.56 bits per heavy atom. The number of amides is 2. The summed E-state index contributed by atoms with van der Waals surface area (Å²) in [6.45, 7) is 4.46. The Labute approximate surface area is 105 Å². The van der Waals surface area contributed by atoms with Crippen molar-refractivity contribution < 1.29 is 14.7 Å². The number of anilines is 1. The molecule has 1 fully saturated rings. The minimum Gasteiger partial charge on any atom is -0.477 e. The normalized spacial score (nSPS) is 19.0. The predicted octanol–water partition coefficient (Wildman–Crippen LogP) is 2.04. The minimum absolute atomic E-state index is 0.0210. The lowest BCUT2D eigenvalue weighted by Gasteiger charge is -2.21. The highest BCUT2D eigenvalue weighted by Gasteiger charge is 2.26. The molecule has 6 heteroatoms. The lowest BCUT2D eigenvalue weighted by molar-refractivity contribution is 0.0692. The second-order valence-corrected chi connectivity index (χ2v) is 4.66. The lowest BCUT2D eigenvalue weighted by Crippen LogP contribution is -2.37. The first kappa shape index (κ1) is 12.5. The average Bonchev–Trinajstić information content (AvgIpc) is 2.84. The highest BCUT2D eigenvalue weighted by Crippen LogP contribution is 2.21. The van der Waals surface area contributed by atoms with Gasteiger partial charge in [0.15, 0.2) is 0 Å². The number of aryl methyl sites for hydroxylation is 1. The molecule has 2 amide bonds. The number of aromatic carboxylic acids is 1. The number of H-pyrrole nitrogens is 1. The van der Waals surface area contributed by atoms with Gasteiger partial charge in [0.25, 0.3) is 0 Å². The van der Waals surface area contributed by atoms with E-state index in [1.54, 1.807) is 17.9 Å². The van der Waals surface area contributed by atoms with Crippen LogP contribution in [0, 0.1) is 6.92 Å². The number of aromatic nitrogens is 1. The fourth-order valence-corrected chi connectivity index (χ4v) is 2.28. The summed E-state index contributed by atoms with van der Waals surface area (Å²) >= 11 is 0. The van der Waals surface area contributed by atoms with E-state index in [0.717, 1.165) is 19.4 Å². The average molecular weight is 251 g/mol. The largest absolute Gasteiger partial charge is 0.477 e. The molecule has 0 saturated carbocycles. The maximum Gasteiger partial charge on any atom is 0.354 e. The van der Waals surface area contributed by atoms with E-state index in [4.69, 9.17) is 5.11 Å². The standard InChI is InChI=1S/C12H17N3O3/c1-7-6-9(10(13-7)11(16)17)14-12(18)15-5-3-4-8(15)2/h6,8,13H,3-5H2,1-2H3,(H,14,18)(H,16,17). The van der Waals surface area contributed by atoms with Gasteiger partial charge in [-0.25, -0.2) is 9.59 Å². The van der Waals surface area contributed by atoms with E-state index in [0.29, 0.717) is 11.4 Å². The van der Waals surface area contributed by atoms with Crippen LogP contribution >= 0.6 is 0 Å². The van der Waals surface area contributed by atoms with Gasteiger partial charge in [0.1, 0.15) is 5.69 Å². The summed E-state index contributed by atoms with van der Waals surface area (Å²) in [5.74, 6) is -1.08. The van der Waals surface area contributed by atoms with Gasteiger partial charge >= 0.3 is 12.0 Å². The van der Waals surface area contributed by atoms with E-state index in [1.165, 1.54) is 0 Å². The number of urea groups is 1.